The molecule has 28 heavy (non-hydrogen) atoms. The molecule has 0 heterocycles. The second-order valence-electron chi connectivity index (χ2n) is 7.55. The monoisotopic (exact) mass is 434 g/mol. The van der Waals surface area contributed by atoms with Crippen molar-refractivity contribution in [2.24, 2.45) is 0 Å². The molecule has 0 unspecified atom stereocenters. The van der Waals surface area contributed by atoms with Gasteiger partial charge in [-0.1, -0.05) is 74.5 Å². The van der Waals surface area contributed by atoms with Gasteiger partial charge in [-0.3, -0.25) is 0 Å². The molecule has 0 aromatic heterocycles. The third-order valence-corrected chi connectivity index (χ3v) is 5.98. The Bertz CT molecular complexity index is 1050. The summed E-state index contributed by atoms with van der Waals surface area (Å²) in [5.41, 5.74) is 7.84. The number of hydrogen-bond acceptors (Lipinski definition) is 2. The molecule has 0 fully saturated rings. The number of halogens is 1. The van der Waals surface area contributed by atoms with Gasteiger partial charge in [0.25, 0.3) is 0 Å². The summed E-state index contributed by atoms with van der Waals surface area (Å²) in [5.74, 6) is 0.774. The summed E-state index contributed by atoms with van der Waals surface area (Å²) in [7, 11) is 1.61. The lowest BCUT2D eigenvalue weighted by molar-refractivity contribution is 0.0506. The molecule has 0 radical (unpaired) electrons. The van der Waals surface area contributed by atoms with Crippen molar-refractivity contribution in [3.63, 3.8) is 0 Å². The van der Waals surface area contributed by atoms with Crippen molar-refractivity contribution in [1.82, 2.24) is 0 Å². The zero-order valence-electron chi connectivity index (χ0n) is 16.3. The third-order valence-electron chi connectivity index (χ3n) is 5.36. The maximum Gasteiger partial charge on any atom is 0.188 e. The first-order valence-electron chi connectivity index (χ1n) is 9.34. The summed E-state index contributed by atoms with van der Waals surface area (Å²) in [6, 6.07) is 21.5. The molecular formula is C25H23BrO2. The van der Waals surface area contributed by atoms with Crippen LogP contribution in [-0.2, 0) is 10.2 Å². The molecule has 1 aliphatic carbocycles. The zero-order valence-corrected chi connectivity index (χ0v) is 17.9. The van der Waals surface area contributed by atoms with Crippen LogP contribution in [0.3, 0.4) is 0 Å². The lowest BCUT2D eigenvalue weighted by Gasteiger charge is -2.21. The maximum absolute atomic E-state index is 5.51. The zero-order chi connectivity index (χ0) is 19.7. The third kappa shape index (κ3) is 3.41. The van der Waals surface area contributed by atoms with E-state index in [1.807, 2.05) is 12.1 Å². The van der Waals surface area contributed by atoms with Crippen molar-refractivity contribution in [2.75, 3.05) is 13.9 Å². The van der Waals surface area contributed by atoms with Gasteiger partial charge in [0.1, 0.15) is 5.75 Å². The number of hydrogen-bond donors (Lipinski definition) is 0. The van der Waals surface area contributed by atoms with Gasteiger partial charge in [-0.15, -0.1) is 0 Å². The quantitative estimate of drug-likeness (QED) is 0.320. The van der Waals surface area contributed by atoms with E-state index >= 15 is 0 Å². The minimum Gasteiger partial charge on any atom is -0.466 e. The average Bonchev–Trinajstić information content (AvgIpc) is 2.93. The van der Waals surface area contributed by atoms with Crippen LogP contribution < -0.4 is 4.74 Å². The van der Waals surface area contributed by atoms with Crippen molar-refractivity contribution >= 4 is 28.1 Å². The van der Waals surface area contributed by atoms with Crippen molar-refractivity contribution in [1.29, 1.82) is 0 Å². The van der Waals surface area contributed by atoms with Crippen LogP contribution in [0.2, 0.25) is 0 Å². The normalized spacial score (nSPS) is 14.1. The predicted octanol–water partition coefficient (Wildman–Crippen LogP) is 6.91. The molecule has 1 aliphatic rings. The van der Waals surface area contributed by atoms with E-state index in [0.29, 0.717) is 0 Å². The molecule has 0 N–H and O–H groups in total. The number of methoxy groups -OCH3 is 1. The summed E-state index contributed by atoms with van der Waals surface area (Å²) in [4.78, 5) is 0. The van der Waals surface area contributed by atoms with Gasteiger partial charge in [-0.25, -0.2) is 0 Å². The Hall–Kier alpha value is -2.36. The maximum atomic E-state index is 5.51. The minimum atomic E-state index is 0.0269. The van der Waals surface area contributed by atoms with E-state index in [1.165, 1.54) is 27.8 Å². The van der Waals surface area contributed by atoms with E-state index in [-0.39, 0.29) is 12.2 Å². The molecule has 4 rings (SSSR count). The first-order chi connectivity index (χ1) is 13.5. The van der Waals surface area contributed by atoms with Gasteiger partial charge in [0.15, 0.2) is 6.79 Å². The Balaban J connectivity index is 1.61. The second-order valence-corrected chi connectivity index (χ2v) is 8.40. The van der Waals surface area contributed by atoms with E-state index in [1.54, 1.807) is 7.11 Å². The van der Waals surface area contributed by atoms with Crippen LogP contribution in [0.25, 0.3) is 23.3 Å². The lowest BCUT2D eigenvalue weighted by atomic mass is 9.82. The summed E-state index contributed by atoms with van der Waals surface area (Å²) in [5, 5.41) is 0. The summed E-state index contributed by atoms with van der Waals surface area (Å²) in [6.45, 7) is 4.85. The molecule has 0 bridgehead atoms. The molecule has 0 atom stereocenters. The molecule has 0 saturated heterocycles. The summed E-state index contributed by atoms with van der Waals surface area (Å²) < 4.78 is 11.4. The molecule has 3 aromatic rings. The Morgan fingerprint density at radius 2 is 1.54 bits per heavy atom. The largest absolute Gasteiger partial charge is 0.466 e. The Kier molecular flexibility index (Phi) is 5.13. The number of benzene rings is 3. The predicted molar refractivity (Wildman–Crippen MR) is 120 cm³/mol. The van der Waals surface area contributed by atoms with Crippen molar-refractivity contribution in [2.45, 2.75) is 19.3 Å². The second kappa shape index (κ2) is 7.57. The molecule has 0 amide bonds. The number of ether oxygens (including phenoxy) is 2. The average molecular weight is 435 g/mol. The Morgan fingerprint density at radius 3 is 2.29 bits per heavy atom. The highest BCUT2D eigenvalue weighted by atomic mass is 79.9. The number of fused-ring (bicyclic) bond motifs is 3. The van der Waals surface area contributed by atoms with Crippen molar-refractivity contribution in [3.05, 3.63) is 87.4 Å². The fourth-order valence-corrected chi connectivity index (χ4v) is 4.39. The standard InChI is InChI=1S/C25H23BrO2/c1-25(2)21-7-5-4-6-19(21)20-12-10-17(14-22(20)25)8-9-18-11-13-24(23(26)15-18)28-16-27-3/h4-15H,16H2,1-3H3. The van der Waals surface area contributed by atoms with Gasteiger partial charge in [-0.05, 0) is 61.4 Å². The minimum absolute atomic E-state index is 0.0269. The number of rotatable bonds is 5. The molecule has 0 saturated carbocycles. The van der Waals surface area contributed by atoms with Gasteiger partial charge in [0.05, 0.1) is 4.47 Å². The molecule has 0 aliphatic heterocycles. The topological polar surface area (TPSA) is 18.5 Å². The van der Waals surface area contributed by atoms with E-state index < -0.39 is 0 Å². The molecule has 142 valence electrons. The van der Waals surface area contributed by atoms with Crippen LogP contribution in [0.15, 0.2) is 65.1 Å². The van der Waals surface area contributed by atoms with Crippen LogP contribution in [-0.4, -0.2) is 13.9 Å². The smallest absolute Gasteiger partial charge is 0.188 e. The summed E-state index contributed by atoms with van der Waals surface area (Å²) >= 11 is 3.56. The van der Waals surface area contributed by atoms with Crippen LogP contribution in [0, 0.1) is 0 Å². The van der Waals surface area contributed by atoms with E-state index in [2.05, 4.69) is 90.5 Å². The van der Waals surface area contributed by atoms with Crippen LogP contribution in [0.4, 0.5) is 0 Å². The highest BCUT2D eigenvalue weighted by Gasteiger charge is 2.34. The first kappa shape index (κ1) is 19.0. The fourth-order valence-electron chi connectivity index (χ4n) is 3.88. The fraction of sp³-hybridized carbons (Fsp3) is 0.200. The van der Waals surface area contributed by atoms with Gasteiger partial charge in [-0.2, -0.15) is 0 Å². The van der Waals surface area contributed by atoms with E-state index in [9.17, 15) is 0 Å². The van der Waals surface area contributed by atoms with Crippen LogP contribution in [0.1, 0.15) is 36.1 Å². The van der Waals surface area contributed by atoms with Crippen LogP contribution >= 0.6 is 15.9 Å². The van der Waals surface area contributed by atoms with Crippen LogP contribution in [0.5, 0.6) is 5.75 Å². The highest BCUT2D eigenvalue weighted by Crippen LogP contribution is 2.48. The van der Waals surface area contributed by atoms with Crippen molar-refractivity contribution in [3.8, 4) is 16.9 Å². The Labute approximate surface area is 174 Å². The van der Waals surface area contributed by atoms with E-state index in [0.717, 1.165) is 15.8 Å². The molecule has 3 aromatic carbocycles. The highest BCUT2D eigenvalue weighted by molar-refractivity contribution is 9.10. The van der Waals surface area contributed by atoms with Gasteiger partial charge in [0.2, 0.25) is 0 Å². The van der Waals surface area contributed by atoms with Gasteiger partial charge >= 0.3 is 0 Å². The molecule has 3 heteroatoms. The molecule has 2 nitrogen and oxygen atoms in total. The lowest BCUT2D eigenvalue weighted by Crippen LogP contribution is -2.14. The van der Waals surface area contributed by atoms with Gasteiger partial charge in [0, 0.05) is 12.5 Å². The van der Waals surface area contributed by atoms with Crippen molar-refractivity contribution < 1.29 is 9.47 Å². The first-order valence-corrected chi connectivity index (χ1v) is 10.1. The van der Waals surface area contributed by atoms with E-state index in [4.69, 9.17) is 9.47 Å². The SMILES string of the molecule is COCOc1ccc(C=Cc2ccc3c(c2)C(C)(C)c2ccccc2-3)cc1Br. The molecular weight excluding hydrogens is 412 g/mol. The van der Waals surface area contributed by atoms with Gasteiger partial charge < -0.3 is 9.47 Å². The molecule has 0 spiro atoms. The Morgan fingerprint density at radius 1 is 0.857 bits per heavy atom. The summed E-state index contributed by atoms with van der Waals surface area (Å²) in [6.07, 6.45) is 4.29.